The van der Waals surface area contributed by atoms with Gasteiger partial charge in [0.05, 0.1) is 30.1 Å². The summed E-state index contributed by atoms with van der Waals surface area (Å²) in [5, 5.41) is 15.0. The normalized spacial score (nSPS) is 26.8. The van der Waals surface area contributed by atoms with Crippen molar-refractivity contribution < 1.29 is 23.9 Å². The standard InChI is InChI=1S/C31H31N3O5S/c1-15-5-3-4-6-19(15)26-21(28(39-33-26)16-7-8-16)14-38-29-20-13-18-9-10-22(25(20)29)34(18)31-32-27-23(37-2)11-17(30(35)36)12-24(27)40-31/h3-6,11-12,16,18,20,22,25,29H,7-10,13-14H2,1-2H3,(H,35,36)/t18?,20?,22?,25?,29-/m0/s1. The van der Waals surface area contributed by atoms with Gasteiger partial charge in [0.15, 0.2) is 5.13 Å². The summed E-state index contributed by atoms with van der Waals surface area (Å²) in [6.07, 6.45) is 5.93. The number of aromatic carboxylic acids is 1. The monoisotopic (exact) mass is 557 g/mol. The van der Waals surface area contributed by atoms with Gasteiger partial charge in [-0.2, -0.15) is 0 Å². The largest absolute Gasteiger partial charge is 0.494 e. The van der Waals surface area contributed by atoms with Crippen LogP contribution in [-0.2, 0) is 11.3 Å². The van der Waals surface area contributed by atoms with E-state index in [-0.39, 0.29) is 11.7 Å². The molecule has 206 valence electrons. The first-order valence-corrected chi connectivity index (χ1v) is 15.0. The van der Waals surface area contributed by atoms with Gasteiger partial charge in [-0.15, -0.1) is 0 Å². The van der Waals surface area contributed by atoms with Crippen LogP contribution < -0.4 is 9.64 Å². The van der Waals surface area contributed by atoms with Crippen molar-refractivity contribution in [1.82, 2.24) is 10.1 Å². The molecule has 2 aromatic heterocycles. The number of benzene rings is 2. The summed E-state index contributed by atoms with van der Waals surface area (Å²) in [4.78, 5) is 19.1. The molecule has 4 aliphatic rings. The lowest BCUT2D eigenvalue weighted by Crippen LogP contribution is -2.41. The van der Waals surface area contributed by atoms with Crippen LogP contribution in [0.3, 0.4) is 0 Å². The number of hydrogen-bond acceptors (Lipinski definition) is 8. The van der Waals surface area contributed by atoms with E-state index >= 15 is 0 Å². The highest BCUT2D eigenvalue weighted by Gasteiger charge is 2.63. The molecule has 8 nitrogen and oxygen atoms in total. The van der Waals surface area contributed by atoms with E-state index in [0.29, 0.717) is 42.2 Å². The van der Waals surface area contributed by atoms with Crippen LogP contribution in [-0.4, -0.2) is 46.5 Å². The van der Waals surface area contributed by atoms with E-state index in [0.717, 1.165) is 70.0 Å². The number of carboxylic acids is 1. The molecule has 5 atom stereocenters. The van der Waals surface area contributed by atoms with Crippen molar-refractivity contribution in [2.24, 2.45) is 11.8 Å². The van der Waals surface area contributed by atoms with Crippen LogP contribution in [0.15, 0.2) is 40.9 Å². The molecule has 0 spiro atoms. The van der Waals surface area contributed by atoms with Gasteiger partial charge < -0.3 is 24.0 Å². The van der Waals surface area contributed by atoms with Crippen LogP contribution in [0.4, 0.5) is 5.13 Å². The van der Waals surface area contributed by atoms with E-state index in [9.17, 15) is 9.90 Å². The third kappa shape index (κ3) is 3.78. The van der Waals surface area contributed by atoms with Crippen LogP contribution in [0, 0.1) is 18.8 Å². The average molecular weight is 558 g/mol. The van der Waals surface area contributed by atoms with Gasteiger partial charge >= 0.3 is 5.97 Å². The van der Waals surface area contributed by atoms with Crippen molar-refractivity contribution in [1.29, 1.82) is 0 Å². The van der Waals surface area contributed by atoms with Crippen molar-refractivity contribution in [3.63, 3.8) is 0 Å². The molecule has 2 aliphatic carbocycles. The zero-order chi connectivity index (χ0) is 27.1. The first kappa shape index (κ1) is 24.4. The Labute approximate surface area is 235 Å². The van der Waals surface area contributed by atoms with E-state index in [1.54, 1.807) is 30.6 Å². The number of carboxylic acid groups (broad SMARTS) is 1. The van der Waals surface area contributed by atoms with Crippen LogP contribution in [0.25, 0.3) is 21.5 Å². The Bertz CT molecular complexity index is 1640. The summed E-state index contributed by atoms with van der Waals surface area (Å²) in [7, 11) is 1.56. The highest BCUT2D eigenvalue weighted by atomic mass is 32.1. The van der Waals surface area contributed by atoms with Gasteiger partial charge in [-0.3, -0.25) is 0 Å². The van der Waals surface area contributed by atoms with Gasteiger partial charge in [0.1, 0.15) is 22.7 Å². The SMILES string of the molecule is COc1cc(C(=O)O)cc2sc(N3C4CCC3C3C(C4)[C@@H]3OCc3c(-c4ccccc4C)noc3C3CC3)nc12. The molecule has 2 saturated heterocycles. The second kappa shape index (κ2) is 9.04. The molecule has 8 rings (SSSR count). The van der Waals surface area contributed by atoms with E-state index in [2.05, 4.69) is 41.2 Å². The molecule has 9 heteroatoms. The minimum atomic E-state index is -0.961. The van der Waals surface area contributed by atoms with E-state index in [1.807, 2.05) is 0 Å². The topological polar surface area (TPSA) is 97.9 Å². The van der Waals surface area contributed by atoms with Crippen molar-refractivity contribution in [3.8, 4) is 17.0 Å². The van der Waals surface area contributed by atoms with Gasteiger partial charge in [0.25, 0.3) is 0 Å². The van der Waals surface area contributed by atoms with Gasteiger partial charge in [0, 0.05) is 35.0 Å². The number of rotatable bonds is 8. The summed E-state index contributed by atoms with van der Waals surface area (Å²) in [5.74, 6) is 2.08. The quantitative estimate of drug-likeness (QED) is 0.265. The second-order valence-electron chi connectivity index (χ2n) is 11.7. The number of hydrogen-bond donors (Lipinski definition) is 1. The maximum Gasteiger partial charge on any atom is 0.335 e. The maximum absolute atomic E-state index is 11.6. The van der Waals surface area contributed by atoms with E-state index in [1.165, 1.54) is 5.56 Å². The first-order valence-electron chi connectivity index (χ1n) is 14.2. The summed E-state index contributed by atoms with van der Waals surface area (Å²) >= 11 is 1.57. The van der Waals surface area contributed by atoms with Gasteiger partial charge in [-0.05, 0) is 62.6 Å². The Morgan fingerprint density at radius 1 is 1.20 bits per heavy atom. The summed E-state index contributed by atoms with van der Waals surface area (Å²) < 4.78 is 19.0. The smallest absolute Gasteiger partial charge is 0.335 e. The fourth-order valence-corrected chi connectivity index (χ4v) is 8.42. The average Bonchev–Trinajstić information content (AvgIpc) is 3.78. The van der Waals surface area contributed by atoms with Crippen LogP contribution >= 0.6 is 11.3 Å². The molecule has 1 N–H and O–H groups in total. The Hall–Kier alpha value is -3.43. The van der Waals surface area contributed by atoms with Crippen LogP contribution in [0.2, 0.25) is 0 Å². The number of nitrogens with zero attached hydrogens (tertiary/aromatic N) is 3. The minimum Gasteiger partial charge on any atom is -0.494 e. The Morgan fingerprint density at radius 3 is 2.83 bits per heavy atom. The zero-order valence-corrected chi connectivity index (χ0v) is 23.3. The predicted molar refractivity (Wildman–Crippen MR) is 151 cm³/mol. The van der Waals surface area contributed by atoms with Crippen molar-refractivity contribution >= 4 is 32.7 Å². The zero-order valence-electron chi connectivity index (χ0n) is 22.5. The Morgan fingerprint density at radius 2 is 2.05 bits per heavy atom. The highest BCUT2D eigenvalue weighted by Crippen LogP contribution is 2.59. The molecule has 0 radical (unpaired) electrons. The molecule has 2 aliphatic heterocycles. The van der Waals surface area contributed by atoms with Gasteiger partial charge in [-0.1, -0.05) is 40.8 Å². The Balaban J connectivity index is 1.05. The lowest BCUT2D eigenvalue weighted by molar-refractivity contribution is 0.0696. The van der Waals surface area contributed by atoms with Crippen LogP contribution in [0.5, 0.6) is 5.75 Å². The molecule has 4 unspecified atom stereocenters. The second-order valence-corrected chi connectivity index (χ2v) is 12.8. The van der Waals surface area contributed by atoms with Crippen molar-refractivity contribution in [3.05, 3.63) is 58.8 Å². The van der Waals surface area contributed by atoms with E-state index in [4.69, 9.17) is 19.0 Å². The molecule has 2 bridgehead atoms. The minimum absolute atomic E-state index is 0.223. The van der Waals surface area contributed by atoms with E-state index < -0.39 is 5.97 Å². The fourth-order valence-electron chi connectivity index (χ4n) is 7.27. The number of methoxy groups -OCH3 is 1. The van der Waals surface area contributed by atoms with Crippen LogP contribution in [0.1, 0.15) is 65.3 Å². The third-order valence-electron chi connectivity index (χ3n) is 9.41. The number of carbonyl (C=O) groups is 1. The highest BCUT2D eigenvalue weighted by molar-refractivity contribution is 7.22. The Kier molecular flexibility index (Phi) is 5.51. The molecular weight excluding hydrogens is 526 g/mol. The lowest BCUT2D eigenvalue weighted by Gasteiger charge is -2.33. The molecule has 40 heavy (non-hydrogen) atoms. The number of thiazole rings is 1. The number of aromatic nitrogens is 2. The van der Waals surface area contributed by atoms with Gasteiger partial charge in [-0.25, -0.2) is 9.78 Å². The first-order chi connectivity index (χ1) is 19.5. The summed E-state index contributed by atoms with van der Waals surface area (Å²) in [6, 6.07) is 12.4. The third-order valence-corrected chi connectivity index (χ3v) is 10.4. The van der Waals surface area contributed by atoms with Crippen molar-refractivity contribution in [2.45, 2.75) is 69.7 Å². The summed E-state index contributed by atoms with van der Waals surface area (Å²) in [6.45, 7) is 2.65. The lowest BCUT2D eigenvalue weighted by atomic mass is 10.0. The molecular formula is C31H31N3O5S. The number of anilines is 1. The molecule has 4 heterocycles. The molecule has 0 amide bonds. The van der Waals surface area contributed by atoms with Gasteiger partial charge in [0.2, 0.25) is 0 Å². The molecule has 4 aromatic rings. The number of piperidine rings is 1. The number of ether oxygens (including phenoxy) is 2. The maximum atomic E-state index is 11.6. The molecule has 4 fully saturated rings. The number of aryl methyl sites for hydroxylation is 1. The predicted octanol–water partition coefficient (Wildman–Crippen LogP) is 6.42. The fraction of sp³-hybridized carbons (Fsp3) is 0.452. The molecule has 2 aromatic carbocycles. The number of fused-ring (bicyclic) bond motifs is 5. The summed E-state index contributed by atoms with van der Waals surface area (Å²) in [5.41, 5.74) is 5.32. The van der Waals surface area contributed by atoms with Crippen molar-refractivity contribution in [2.75, 3.05) is 12.0 Å². The molecule has 2 saturated carbocycles.